The van der Waals surface area contributed by atoms with Crippen molar-refractivity contribution in [3.05, 3.63) is 59.1 Å². The van der Waals surface area contributed by atoms with Crippen molar-refractivity contribution >= 4 is 67.9 Å². The van der Waals surface area contributed by atoms with E-state index in [1.54, 1.807) is 0 Å². The van der Waals surface area contributed by atoms with Gasteiger partial charge < -0.3 is 9.55 Å². The Hall–Kier alpha value is -1.31. The molecule has 0 fully saturated rings. The Labute approximate surface area is 196 Å². The summed E-state index contributed by atoms with van der Waals surface area (Å²) in [5.74, 6) is 1.45. The molecule has 2 aromatic carbocycles. The first kappa shape index (κ1) is 24.0. The number of nitrogens with zero attached hydrogens (tertiary/aromatic N) is 3. The van der Waals surface area contributed by atoms with Crippen molar-refractivity contribution in [1.29, 1.82) is 0 Å². The fourth-order valence-electron chi connectivity index (χ4n) is 2.51. The summed E-state index contributed by atoms with van der Waals surface area (Å²) in [6, 6.07) is 15.7. The number of para-hydroxylation sites is 4. The molecule has 0 bridgehead atoms. The molecule has 0 amide bonds. The summed E-state index contributed by atoms with van der Waals surface area (Å²) in [5, 5.41) is 1.03. The number of hydrogen-bond donors (Lipinski definition) is 1. The largest absolute Gasteiger partial charge is 0.329 e. The summed E-state index contributed by atoms with van der Waals surface area (Å²) in [6.07, 6.45) is 0. The summed E-state index contributed by atoms with van der Waals surface area (Å²) < 4.78 is 3.33. The van der Waals surface area contributed by atoms with Crippen LogP contribution < -0.4 is 0 Å². The molecular formula is C22H27Cl2IN4. The summed E-state index contributed by atoms with van der Waals surface area (Å²) in [4.78, 5) is 11.2. The van der Waals surface area contributed by atoms with Crippen LogP contribution in [0.4, 0.5) is 0 Å². The first-order chi connectivity index (χ1) is 13.8. The van der Waals surface area contributed by atoms with Crippen molar-refractivity contribution in [2.45, 2.75) is 34.2 Å². The third kappa shape index (κ3) is 7.46. The van der Waals surface area contributed by atoms with Crippen LogP contribution in [0.2, 0.25) is 10.6 Å². The highest BCUT2D eigenvalue weighted by Crippen LogP contribution is 2.20. The van der Waals surface area contributed by atoms with Crippen molar-refractivity contribution < 1.29 is 0 Å². The van der Waals surface area contributed by atoms with Crippen LogP contribution in [-0.2, 0) is 6.54 Å². The summed E-state index contributed by atoms with van der Waals surface area (Å²) in [7, 11) is 0. The normalized spacial score (nSPS) is 10.8. The summed E-state index contributed by atoms with van der Waals surface area (Å²) in [5.41, 5.74) is 3.98. The van der Waals surface area contributed by atoms with Gasteiger partial charge in [0, 0.05) is 11.0 Å². The van der Waals surface area contributed by atoms with E-state index in [4.69, 9.17) is 23.2 Å². The minimum atomic E-state index is 0.446. The Morgan fingerprint density at radius 1 is 0.897 bits per heavy atom. The van der Waals surface area contributed by atoms with Gasteiger partial charge in [-0.1, -0.05) is 74.6 Å². The van der Waals surface area contributed by atoms with Crippen LogP contribution in [0.15, 0.2) is 48.5 Å². The number of hydrogen-bond acceptors (Lipinski definition) is 2. The molecule has 0 spiro atoms. The van der Waals surface area contributed by atoms with E-state index < -0.39 is 0 Å². The van der Waals surface area contributed by atoms with Crippen LogP contribution in [0.3, 0.4) is 0 Å². The van der Waals surface area contributed by atoms with Gasteiger partial charge in [-0.15, -0.1) is 0 Å². The van der Waals surface area contributed by atoms with Crippen LogP contribution in [0.25, 0.3) is 22.1 Å². The zero-order valence-corrected chi connectivity index (χ0v) is 20.8. The van der Waals surface area contributed by atoms with Crippen molar-refractivity contribution in [1.82, 2.24) is 19.5 Å². The number of benzene rings is 2. The second-order valence-corrected chi connectivity index (χ2v) is 9.04. The van der Waals surface area contributed by atoms with Crippen LogP contribution >= 0.6 is 45.8 Å². The lowest BCUT2D eigenvalue weighted by molar-refractivity contribution is 0.533. The Balaban J connectivity index is 0.000000175. The van der Waals surface area contributed by atoms with Gasteiger partial charge in [-0.3, -0.25) is 0 Å². The number of aromatic nitrogens is 4. The molecule has 0 saturated carbocycles. The second-order valence-electron chi connectivity index (χ2n) is 7.47. The summed E-state index contributed by atoms with van der Waals surface area (Å²) >= 11 is 14.1. The van der Waals surface area contributed by atoms with Crippen LogP contribution in [-0.4, -0.2) is 23.9 Å². The molecule has 0 saturated heterocycles. The molecule has 7 heteroatoms. The average molecular weight is 545 g/mol. The maximum absolute atomic E-state index is 6.06. The smallest absolute Gasteiger partial charge is 0.203 e. The maximum Gasteiger partial charge on any atom is 0.203 e. The molecule has 29 heavy (non-hydrogen) atoms. The lowest BCUT2D eigenvalue weighted by atomic mass is 10.2. The quantitative estimate of drug-likeness (QED) is 0.213. The zero-order valence-electron chi connectivity index (χ0n) is 17.2. The van der Waals surface area contributed by atoms with Gasteiger partial charge >= 0.3 is 0 Å². The highest BCUT2D eigenvalue weighted by molar-refractivity contribution is 14.1. The number of nitrogens with one attached hydrogen (secondary N) is 1. The highest BCUT2D eigenvalue weighted by Gasteiger charge is 2.08. The second kappa shape index (κ2) is 11.8. The van der Waals surface area contributed by atoms with Crippen LogP contribution in [0.5, 0.6) is 0 Å². The van der Waals surface area contributed by atoms with Crippen molar-refractivity contribution in [3.63, 3.8) is 0 Å². The van der Waals surface area contributed by atoms with Gasteiger partial charge in [0.2, 0.25) is 10.6 Å². The Kier molecular flexibility index (Phi) is 9.72. The topological polar surface area (TPSA) is 46.5 Å². The van der Waals surface area contributed by atoms with Gasteiger partial charge in [-0.05, 0) is 59.3 Å². The van der Waals surface area contributed by atoms with Gasteiger partial charge in [0.05, 0.1) is 22.1 Å². The molecule has 4 nitrogen and oxygen atoms in total. The minimum Gasteiger partial charge on any atom is -0.329 e. The highest BCUT2D eigenvalue weighted by atomic mass is 127. The van der Waals surface area contributed by atoms with Gasteiger partial charge in [-0.25, -0.2) is 9.97 Å². The van der Waals surface area contributed by atoms with E-state index in [2.05, 4.69) is 75.9 Å². The average Bonchev–Trinajstić information content (AvgIpc) is 3.21. The predicted octanol–water partition coefficient (Wildman–Crippen LogP) is 7.64. The van der Waals surface area contributed by atoms with E-state index in [1.807, 2.05) is 42.5 Å². The molecule has 0 aliphatic carbocycles. The zero-order chi connectivity index (χ0) is 21.4. The first-order valence-corrected chi connectivity index (χ1v) is 11.9. The maximum atomic E-state index is 6.06. The van der Waals surface area contributed by atoms with E-state index in [1.165, 1.54) is 4.43 Å². The Morgan fingerprint density at radius 2 is 1.48 bits per heavy atom. The molecule has 0 atom stereocenters. The Morgan fingerprint density at radius 3 is 2.07 bits per heavy atom. The number of fused-ring (bicyclic) bond motifs is 2. The molecular weight excluding hydrogens is 518 g/mol. The van der Waals surface area contributed by atoms with E-state index in [-0.39, 0.29) is 0 Å². The molecule has 2 heterocycles. The predicted molar refractivity (Wildman–Crippen MR) is 134 cm³/mol. The molecule has 0 aliphatic heterocycles. The Bertz CT molecular complexity index is 991. The standard InChI is InChI=1S/C11H13ClN2.C7H5ClN2.C4H9I/c1-8(2)7-14-10-6-4-3-5-9(10)13-11(14)12;8-7-9-5-3-1-2-4-6(5)10-7;1-4(2)3-5/h3-6,8H,7H2,1-2H3;1-4H,(H,9,10);4H,3H2,1-2H3. The molecule has 0 radical (unpaired) electrons. The number of halogens is 3. The molecule has 156 valence electrons. The fraction of sp³-hybridized carbons (Fsp3) is 0.364. The third-order valence-electron chi connectivity index (χ3n) is 3.82. The van der Waals surface area contributed by atoms with E-state index in [0.717, 1.165) is 34.5 Å². The third-order valence-corrected chi connectivity index (χ3v) is 6.05. The SMILES string of the molecule is CC(C)CI.CC(C)Cn1c(Cl)nc2ccccc21.Clc1nc2ccccc2[nH]1. The van der Waals surface area contributed by atoms with Gasteiger partial charge in [-0.2, -0.15) is 0 Å². The van der Waals surface area contributed by atoms with Crippen LogP contribution in [0, 0.1) is 11.8 Å². The molecule has 4 rings (SSSR count). The molecule has 0 aliphatic rings. The van der Waals surface area contributed by atoms with E-state index in [9.17, 15) is 0 Å². The lowest BCUT2D eigenvalue weighted by Crippen LogP contribution is -2.03. The molecule has 0 unspecified atom stereocenters. The van der Waals surface area contributed by atoms with Crippen molar-refractivity contribution in [2.75, 3.05) is 4.43 Å². The molecule has 4 aromatic rings. The summed E-state index contributed by atoms with van der Waals surface area (Å²) in [6.45, 7) is 9.69. The monoisotopic (exact) mass is 544 g/mol. The number of rotatable bonds is 3. The molecule has 2 aromatic heterocycles. The first-order valence-electron chi connectivity index (χ1n) is 9.58. The van der Waals surface area contributed by atoms with Crippen molar-refractivity contribution in [2.24, 2.45) is 11.8 Å². The number of aromatic amines is 1. The van der Waals surface area contributed by atoms with Gasteiger partial charge in [0.1, 0.15) is 0 Å². The van der Waals surface area contributed by atoms with Crippen molar-refractivity contribution in [3.8, 4) is 0 Å². The molecule has 1 N–H and O–H groups in total. The lowest BCUT2D eigenvalue weighted by Gasteiger charge is -2.07. The number of H-pyrrole nitrogens is 1. The fourth-order valence-corrected chi connectivity index (χ4v) is 2.95. The van der Waals surface area contributed by atoms with Gasteiger partial charge in [0.15, 0.2) is 0 Å². The minimum absolute atomic E-state index is 0.446. The number of alkyl halides is 1. The van der Waals surface area contributed by atoms with Gasteiger partial charge in [0.25, 0.3) is 0 Å². The van der Waals surface area contributed by atoms with E-state index in [0.29, 0.717) is 16.5 Å². The van der Waals surface area contributed by atoms with Crippen LogP contribution in [0.1, 0.15) is 27.7 Å². The number of imidazole rings is 2. The van der Waals surface area contributed by atoms with E-state index >= 15 is 0 Å².